The lowest BCUT2D eigenvalue weighted by Crippen LogP contribution is -2.15. The number of nitrogen functional groups attached to an aromatic ring is 1. The first-order valence-electron chi connectivity index (χ1n) is 4.02. The highest BCUT2D eigenvalue weighted by atomic mass is 32.2. The van der Waals surface area contributed by atoms with E-state index in [1.807, 2.05) is 6.92 Å². The lowest BCUT2D eigenvalue weighted by molar-refractivity contribution is 0.196. The quantitative estimate of drug-likeness (QED) is 0.559. The van der Waals surface area contributed by atoms with Gasteiger partial charge in [-0.15, -0.1) is 11.8 Å². The molecule has 0 saturated carbocycles. The summed E-state index contributed by atoms with van der Waals surface area (Å²) in [5.41, 5.74) is 5.48. The number of aliphatic hydroxyl groups excluding tert-OH is 1. The minimum Gasteiger partial charge on any atom is -0.392 e. The van der Waals surface area contributed by atoms with Crippen LogP contribution in [0.5, 0.6) is 0 Å². The number of anilines is 1. The van der Waals surface area contributed by atoms with E-state index < -0.39 is 0 Å². The molecule has 0 bridgehead atoms. The van der Waals surface area contributed by atoms with Crippen molar-refractivity contribution < 1.29 is 5.11 Å². The summed E-state index contributed by atoms with van der Waals surface area (Å²) in [6.45, 7) is 3.69. The fourth-order valence-electron chi connectivity index (χ4n) is 0.707. The maximum absolute atomic E-state index is 9.26. The van der Waals surface area contributed by atoms with E-state index in [4.69, 9.17) is 5.73 Å². The second kappa shape index (κ2) is 4.43. The van der Waals surface area contributed by atoms with Gasteiger partial charge in [0, 0.05) is 11.3 Å². The number of rotatable bonds is 3. The van der Waals surface area contributed by atoms with Crippen LogP contribution in [0.4, 0.5) is 5.82 Å². The molecule has 2 unspecified atom stereocenters. The van der Waals surface area contributed by atoms with Crippen molar-refractivity contribution >= 4 is 17.6 Å². The topological polar surface area (TPSA) is 72.0 Å². The molecule has 0 spiro atoms. The van der Waals surface area contributed by atoms with Gasteiger partial charge >= 0.3 is 0 Å². The van der Waals surface area contributed by atoms with Crippen molar-refractivity contribution in [1.29, 1.82) is 0 Å². The first-order chi connectivity index (χ1) is 6.09. The molecule has 3 N–H and O–H groups in total. The molecule has 0 radical (unpaired) electrons. The Kier molecular flexibility index (Phi) is 3.50. The third kappa shape index (κ3) is 3.20. The van der Waals surface area contributed by atoms with E-state index in [-0.39, 0.29) is 11.4 Å². The summed E-state index contributed by atoms with van der Waals surface area (Å²) in [4.78, 5) is 7.81. The molecule has 0 fully saturated rings. The predicted molar refractivity (Wildman–Crippen MR) is 53.4 cm³/mol. The van der Waals surface area contributed by atoms with Crippen LogP contribution in [-0.4, -0.2) is 26.4 Å². The molecule has 1 heterocycles. The molecular weight excluding hydrogens is 186 g/mol. The Labute approximate surface area is 81.6 Å². The lowest BCUT2D eigenvalue weighted by atomic mass is 10.3. The first-order valence-corrected chi connectivity index (χ1v) is 4.90. The SMILES string of the molecule is CC(O)C(C)Sc1cc(N)ncn1. The minimum atomic E-state index is -0.360. The van der Waals surface area contributed by atoms with Crippen LogP contribution in [0.1, 0.15) is 13.8 Å². The zero-order chi connectivity index (χ0) is 9.84. The first kappa shape index (κ1) is 10.3. The third-order valence-corrected chi connectivity index (χ3v) is 2.88. The van der Waals surface area contributed by atoms with Gasteiger partial charge in [-0.2, -0.15) is 0 Å². The van der Waals surface area contributed by atoms with Gasteiger partial charge in [0.15, 0.2) is 0 Å². The molecule has 1 rings (SSSR count). The number of thioether (sulfide) groups is 1. The van der Waals surface area contributed by atoms with Crippen LogP contribution in [0.2, 0.25) is 0 Å². The number of aliphatic hydroxyl groups is 1. The summed E-state index contributed by atoms with van der Waals surface area (Å²) < 4.78 is 0. The molecule has 4 nitrogen and oxygen atoms in total. The fourth-order valence-corrected chi connectivity index (χ4v) is 1.58. The predicted octanol–water partition coefficient (Wildman–Crippen LogP) is 0.920. The maximum Gasteiger partial charge on any atom is 0.127 e. The number of hydrogen-bond acceptors (Lipinski definition) is 5. The van der Waals surface area contributed by atoms with Crippen LogP contribution in [0.15, 0.2) is 17.4 Å². The summed E-state index contributed by atoms with van der Waals surface area (Å²) in [5, 5.41) is 10.2. The Morgan fingerprint density at radius 1 is 1.46 bits per heavy atom. The Morgan fingerprint density at radius 3 is 2.69 bits per heavy atom. The van der Waals surface area contributed by atoms with E-state index in [0.717, 1.165) is 5.03 Å². The second-order valence-corrected chi connectivity index (χ2v) is 4.24. The van der Waals surface area contributed by atoms with Gasteiger partial charge in [-0.3, -0.25) is 0 Å². The standard InChI is InChI=1S/C8H13N3OS/c1-5(12)6(2)13-8-3-7(9)10-4-11-8/h3-6,12H,1-2H3,(H2,9,10,11). The van der Waals surface area contributed by atoms with Crippen molar-refractivity contribution in [2.24, 2.45) is 0 Å². The molecule has 0 aliphatic carbocycles. The highest BCUT2D eigenvalue weighted by Crippen LogP contribution is 2.23. The molecule has 0 saturated heterocycles. The van der Waals surface area contributed by atoms with Crippen LogP contribution < -0.4 is 5.73 Å². The highest BCUT2D eigenvalue weighted by Gasteiger charge is 2.11. The Morgan fingerprint density at radius 2 is 2.15 bits per heavy atom. The van der Waals surface area contributed by atoms with E-state index in [2.05, 4.69) is 9.97 Å². The van der Waals surface area contributed by atoms with Crippen molar-refractivity contribution in [2.75, 3.05) is 5.73 Å². The van der Waals surface area contributed by atoms with Gasteiger partial charge in [-0.1, -0.05) is 6.92 Å². The molecular formula is C8H13N3OS. The van der Waals surface area contributed by atoms with E-state index in [1.165, 1.54) is 18.1 Å². The van der Waals surface area contributed by atoms with Crippen LogP contribution in [0.25, 0.3) is 0 Å². The van der Waals surface area contributed by atoms with Crippen molar-refractivity contribution in [3.63, 3.8) is 0 Å². The van der Waals surface area contributed by atoms with Crippen LogP contribution in [0, 0.1) is 0 Å². The Hall–Kier alpha value is -0.810. The lowest BCUT2D eigenvalue weighted by Gasteiger charge is -2.12. The van der Waals surface area contributed by atoms with Gasteiger partial charge in [0.25, 0.3) is 0 Å². The normalized spacial score (nSPS) is 15.3. The summed E-state index contributed by atoms with van der Waals surface area (Å²) >= 11 is 1.48. The highest BCUT2D eigenvalue weighted by molar-refractivity contribution is 7.99. The van der Waals surface area contributed by atoms with Gasteiger partial charge in [0.1, 0.15) is 17.2 Å². The van der Waals surface area contributed by atoms with Crippen LogP contribution >= 0.6 is 11.8 Å². The molecule has 1 aromatic heterocycles. The third-order valence-electron chi connectivity index (χ3n) is 1.65. The van der Waals surface area contributed by atoms with Gasteiger partial charge in [0.05, 0.1) is 6.10 Å². The number of aromatic nitrogens is 2. The summed E-state index contributed by atoms with van der Waals surface area (Å²) in [6, 6.07) is 1.70. The summed E-state index contributed by atoms with van der Waals surface area (Å²) in [6.07, 6.45) is 1.06. The minimum absolute atomic E-state index is 0.106. The van der Waals surface area contributed by atoms with Gasteiger partial charge in [0.2, 0.25) is 0 Å². The second-order valence-electron chi connectivity index (χ2n) is 2.84. The molecule has 0 aromatic carbocycles. The number of nitrogens with zero attached hydrogens (tertiary/aromatic N) is 2. The Bertz CT molecular complexity index is 280. The molecule has 0 aliphatic rings. The van der Waals surface area contributed by atoms with Crippen LogP contribution in [-0.2, 0) is 0 Å². The van der Waals surface area contributed by atoms with E-state index in [1.54, 1.807) is 13.0 Å². The molecule has 0 amide bonds. The summed E-state index contributed by atoms with van der Waals surface area (Å²) in [7, 11) is 0. The van der Waals surface area contributed by atoms with Crippen molar-refractivity contribution in [3.05, 3.63) is 12.4 Å². The number of nitrogens with two attached hydrogens (primary N) is 1. The molecule has 1 aromatic rings. The Balaban J connectivity index is 2.64. The smallest absolute Gasteiger partial charge is 0.127 e. The number of hydrogen-bond donors (Lipinski definition) is 2. The van der Waals surface area contributed by atoms with Crippen molar-refractivity contribution in [1.82, 2.24) is 9.97 Å². The fraction of sp³-hybridized carbons (Fsp3) is 0.500. The molecule has 2 atom stereocenters. The molecule has 0 aliphatic heterocycles. The largest absolute Gasteiger partial charge is 0.392 e. The van der Waals surface area contributed by atoms with E-state index in [9.17, 15) is 5.11 Å². The molecule has 5 heteroatoms. The molecule has 72 valence electrons. The van der Waals surface area contributed by atoms with Gasteiger partial charge < -0.3 is 10.8 Å². The zero-order valence-corrected chi connectivity index (χ0v) is 8.45. The molecule has 13 heavy (non-hydrogen) atoms. The summed E-state index contributed by atoms with van der Waals surface area (Å²) in [5.74, 6) is 0.454. The van der Waals surface area contributed by atoms with E-state index >= 15 is 0 Å². The van der Waals surface area contributed by atoms with E-state index in [0.29, 0.717) is 5.82 Å². The van der Waals surface area contributed by atoms with Crippen LogP contribution in [0.3, 0.4) is 0 Å². The zero-order valence-electron chi connectivity index (χ0n) is 7.64. The van der Waals surface area contributed by atoms with Gasteiger partial charge in [-0.25, -0.2) is 9.97 Å². The maximum atomic E-state index is 9.26. The van der Waals surface area contributed by atoms with Gasteiger partial charge in [-0.05, 0) is 6.92 Å². The average molecular weight is 199 g/mol. The monoisotopic (exact) mass is 199 g/mol. The van der Waals surface area contributed by atoms with Crippen molar-refractivity contribution in [2.45, 2.75) is 30.2 Å². The average Bonchev–Trinajstić information content (AvgIpc) is 2.04. The van der Waals surface area contributed by atoms with Crippen molar-refractivity contribution in [3.8, 4) is 0 Å².